The molecule has 1 heterocycles. The molecule has 2 aliphatic rings. The summed E-state index contributed by atoms with van der Waals surface area (Å²) >= 11 is 0. The third-order valence-electron chi connectivity index (χ3n) is 3.33. The largest absolute Gasteiger partial charge is 0.397 e. The van der Waals surface area contributed by atoms with Crippen molar-refractivity contribution in [1.29, 1.82) is 10.7 Å². The molecule has 19 heavy (non-hydrogen) atoms. The molecule has 0 amide bonds. The summed E-state index contributed by atoms with van der Waals surface area (Å²) in [5, 5.41) is 19.2. The average molecular weight is 249 g/mol. The second kappa shape index (κ2) is 3.75. The van der Waals surface area contributed by atoms with E-state index in [0.717, 1.165) is 0 Å². The SMILES string of the molecule is N#Cc1c(N)c2cccc-2c(=N)c2c[nH]cc2c1N. The van der Waals surface area contributed by atoms with Crippen LogP contribution in [0.5, 0.6) is 0 Å². The van der Waals surface area contributed by atoms with E-state index in [4.69, 9.17) is 16.9 Å². The fourth-order valence-corrected chi connectivity index (χ4v) is 2.35. The molecule has 3 rings (SSSR count). The number of anilines is 2. The van der Waals surface area contributed by atoms with Crippen LogP contribution in [0, 0.1) is 16.7 Å². The van der Waals surface area contributed by atoms with Gasteiger partial charge in [0.1, 0.15) is 6.07 Å². The summed E-state index contributed by atoms with van der Waals surface area (Å²) in [5.41, 5.74) is 14.3. The van der Waals surface area contributed by atoms with Crippen LogP contribution in [-0.4, -0.2) is 4.98 Å². The number of rotatable bonds is 0. The predicted molar refractivity (Wildman–Crippen MR) is 74.3 cm³/mol. The summed E-state index contributed by atoms with van der Waals surface area (Å²) in [7, 11) is 0. The maximum absolute atomic E-state index is 9.29. The van der Waals surface area contributed by atoms with Crippen LogP contribution < -0.4 is 16.8 Å². The molecule has 92 valence electrons. The molecule has 0 atom stereocenters. The molecule has 1 aromatic heterocycles. The number of nitrogens with two attached hydrogens (primary N) is 2. The van der Waals surface area contributed by atoms with Gasteiger partial charge in [-0.2, -0.15) is 5.26 Å². The molecule has 2 aliphatic carbocycles. The van der Waals surface area contributed by atoms with E-state index in [-0.39, 0.29) is 5.56 Å². The molecule has 0 radical (unpaired) electrons. The van der Waals surface area contributed by atoms with Crippen molar-refractivity contribution in [3.05, 3.63) is 41.5 Å². The molecule has 0 saturated heterocycles. The lowest BCUT2D eigenvalue weighted by atomic mass is 10.0. The van der Waals surface area contributed by atoms with Gasteiger partial charge in [0.05, 0.1) is 22.3 Å². The number of nitriles is 1. The summed E-state index contributed by atoms with van der Waals surface area (Å²) in [5.74, 6) is 0. The van der Waals surface area contributed by atoms with Gasteiger partial charge in [0, 0.05) is 34.3 Å². The fourth-order valence-electron chi connectivity index (χ4n) is 2.35. The second-order valence-electron chi connectivity index (χ2n) is 4.32. The van der Waals surface area contributed by atoms with Crippen molar-refractivity contribution in [3.8, 4) is 17.2 Å². The zero-order valence-corrected chi connectivity index (χ0v) is 9.99. The first-order valence-electron chi connectivity index (χ1n) is 5.70. The van der Waals surface area contributed by atoms with Gasteiger partial charge < -0.3 is 16.5 Å². The van der Waals surface area contributed by atoms with Crippen molar-refractivity contribution in [1.82, 2.24) is 4.98 Å². The smallest absolute Gasteiger partial charge is 0.104 e. The van der Waals surface area contributed by atoms with Crippen molar-refractivity contribution < 1.29 is 0 Å². The Morgan fingerprint density at radius 3 is 2.47 bits per heavy atom. The van der Waals surface area contributed by atoms with Crippen LogP contribution >= 0.6 is 0 Å². The third-order valence-corrected chi connectivity index (χ3v) is 3.33. The highest BCUT2D eigenvalue weighted by molar-refractivity contribution is 5.99. The molecule has 0 bridgehead atoms. The normalized spacial score (nSPS) is 10.7. The Hall–Kier alpha value is -3.00. The van der Waals surface area contributed by atoms with Crippen LogP contribution in [0.25, 0.3) is 21.9 Å². The van der Waals surface area contributed by atoms with E-state index in [1.807, 2.05) is 12.1 Å². The number of nitrogens with zero attached hydrogens (tertiary/aromatic N) is 1. The maximum Gasteiger partial charge on any atom is 0.104 e. The first kappa shape index (κ1) is 11.1. The first-order valence-corrected chi connectivity index (χ1v) is 5.70. The zero-order valence-electron chi connectivity index (χ0n) is 9.99. The molecule has 0 fully saturated rings. The summed E-state index contributed by atoms with van der Waals surface area (Å²) in [6.07, 6.45) is 3.38. The quantitative estimate of drug-likeness (QED) is 0.486. The van der Waals surface area contributed by atoms with Crippen molar-refractivity contribution in [3.63, 3.8) is 0 Å². The number of H-pyrrole nitrogens is 1. The molecular weight excluding hydrogens is 238 g/mol. The van der Waals surface area contributed by atoms with E-state index in [1.54, 1.807) is 18.5 Å². The van der Waals surface area contributed by atoms with Gasteiger partial charge in [0.15, 0.2) is 0 Å². The van der Waals surface area contributed by atoms with E-state index in [0.29, 0.717) is 38.6 Å². The highest BCUT2D eigenvalue weighted by Gasteiger charge is 2.15. The average Bonchev–Trinajstić information content (AvgIpc) is 3.06. The van der Waals surface area contributed by atoms with Gasteiger partial charge in [0.2, 0.25) is 0 Å². The van der Waals surface area contributed by atoms with Crippen LogP contribution in [0.3, 0.4) is 0 Å². The van der Waals surface area contributed by atoms with Crippen molar-refractivity contribution in [2.75, 3.05) is 11.5 Å². The number of fused-ring (bicyclic) bond motifs is 2. The summed E-state index contributed by atoms with van der Waals surface area (Å²) in [6, 6.07) is 7.48. The monoisotopic (exact) mass is 249 g/mol. The summed E-state index contributed by atoms with van der Waals surface area (Å²) in [4.78, 5) is 2.92. The van der Waals surface area contributed by atoms with Crippen molar-refractivity contribution in [2.24, 2.45) is 0 Å². The number of nitrogens with one attached hydrogen (secondary N) is 2. The second-order valence-corrected chi connectivity index (χ2v) is 4.32. The van der Waals surface area contributed by atoms with Crippen molar-refractivity contribution in [2.45, 2.75) is 0 Å². The Morgan fingerprint density at radius 1 is 1.05 bits per heavy atom. The Bertz CT molecular complexity index is 869. The van der Waals surface area contributed by atoms with Crippen LogP contribution in [0.1, 0.15) is 5.56 Å². The van der Waals surface area contributed by atoms with Gasteiger partial charge in [-0.15, -0.1) is 0 Å². The Morgan fingerprint density at radius 2 is 1.74 bits per heavy atom. The third kappa shape index (κ3) is 1.37. The topological polar surface area (TPSA) is 115 Å². The standard InChI is InChI=1S/C14H11N5/c15-4-9-12(16)7-2-1-3-8(7)13(17)10-5-19-6-11(10)14(9)18/h1-3,5-6,17,19H,16,18H2. The number of aromatic amines is 1. The Balaban J connectivity index is 2.73. The van der Waals surface area contributed by atoms with E-state index in [1.165, 1.54) is 0 Å². The van der Waals surface area contributed by atoms with E-state index in [9.17, 15) is 5.26 Å². The molecule has 5 nitrogen and oxygen atoms in total. The van der Waals surface area contributed by atoms with Crippen LogP contribution in [0.15, 0.2) is 30.6 Å². The number of nitrogen functional groups attached to an aromatic ring is 2. The van der Waals surface area contributed by atoms with Gasteiger partial charge in [-0.05, 0) is 0 Å². The minimum atomic E-state index is 0.251. The van der Waals surface area contributed by atoms with Crippen molar-refractivity contribution >= 4 is 22.1 Å². The lowest BCUT2D eigenvalue weighted by Gasteiger charge is -2.06. The molecule has 6 N–H and O–H groups in total. The number of aromatic nitrogens is 1. The first-order chi connectivity index (χ1) is 9.15. The van der Waals surface area contributed by atoms with E-state index >= 15 is 0 Å². The molecular formula is C14H11N5. The van der Waals surface area contributed by atoms with Crippen LogP contribution in [-0.2, 0) is 0 Å². The number of hydrogen-bond acceptors (Lipinski definition) is 4. The van der Waals surface area contributed by atoms with Gasteiger partial charge in [-0.25, -0.2) is 0 Å². The molecule has 0 unspecified atom stereocenters. The summed E-state index contributed by atoms with van der Waals surface area (Å²) < 4.78 is 0. The molecule has 1 aromatic rings. The van der Waals surface area contributed by atoms with Gasteiger partial charge in [-0.1, -0.05) is 18.2 Å². The van der Waals surface area contributed by atoms with E-state index in [2.05, 4.69) is 11.1 Å². The van der Waals surface area contributed by atoms with Gasteiger partial charge in [-0.3, -0.25) is 5.41 Å². The predicted octanol–water partition coefficient (Wildman–Crippen LogP) is 1.79. The highest BCUT2D eigenvalue weighted by atomic mass is 14.7. The van der Waals surface area contributed by atoms with Gasteiger partial charge >= 0.3 is 0 Å². The molecule has 0 aromatic carbocycles. The molecule has 5 heteroatoms. The minimum Gasteiger partial charge on any atom is -0.397 e. The zero-order chi connectivity index (χ0) is 13.6. The fraction of sp³-hybridized carbons (Fsp3) is 0. The lowest BCUT2D eigenvalue weighted by molar-refractivity contribution is 1.31. The van der Waals surface area contributed by atoms with E-state index < -0.39 is 0 Å². The molecule has 0 saturated carbocycles. The maximum atomic E-state index is 9.29. The lowest BCUT2D eigenvalue weighted by Crippen LogP contribution is -2.06. The van der Waals surface area contributed by atoms with Crippen LogP contribution in [0.4, 0.5) is 11.4 Å². The highest BCUT2D eigenvalue weighted by Crippen LogP contribution is 2.32. The minimum absolute atomic E-state index is 0.251. The number of hydrogen-bond donors (Lipinski definition) is 4. The van der Waals surface area contributed by atoms with Gasteiger partial charge in [0.25, 0.3) is 0 Å². The molecule has 0 aliphatic heterocycles. The molecule has 0 spiro atoms. The Labute approximate surface area is 108 Å². The Kier molecular flexibility index (Phi) is 2.19. The van der Waals surface area contributed by atoms with Crippen LogP contribution in [0.2, 0.25) is 0 Å². The summed E-state index contributed by atoms with van der Waals surface area (Å²) in [6.45, 7) is 0.